The number of aromatic nitrogens is 4. The van der Waals surface area contributed by atoms with Gasteiger partial charge in [0.25, 0.3) is 5.91 Å². The highest BCUT2D eigenvalue weighted by Gasteiger charge is 2.62. The fourth-order valence-electron chi connectivity index (χ4n) is 3.01. The zero-order valence-electron chi connectivity index (χ0n) is 16.8. The lowest BCUT2D eigenvalue weighted by atomic mass is 10.2. The van der Waals surface area contributed by atoms with Crippen LogP contribution in [0.2, 0.25) is 4.34 Å². The molecular formula is C18H13ClF7N5O2S. The molecule has 1 amide bonds. The molecule has 0 atom stereocenters. The zero-order valence-corrected chi connectivity index (χ0v) is 18.4. The second-order valence-electron chi connectivity index (χ2n) is 7.29. The number of halogens is 8. The van der Waals surface area contributed by atoms with Gasteiger partial charge in [0.15, 0.2) is 17.3 Å². The quantitative estimate of drug-likeness (QED) is 0.429. The van der Waals surface area contributed by atoms with Crippen molar-refractivity contribution < 1.29 is 40.3 Å². The summed E-state index contributed by atoms with van der Waals surface area (Å²) < 4.78 is 97.9. The Morgan fingerprint density at radius 2 is 1.97 bits per heavy atom. The topological polar surface area (TPSA) is 74.0 Å². The van der Waals surface area contributed by atoms with Crippen molar-refractivity contribution in [2.24, 2.45) is 7.05 Å². The van der Waals surface area contributed by atoms with Gasteiger partial charge in [0.1, 0.15) is 4.34 Å². The molecule has 16 heteroatoms. The van der Waals surface area contributed by atoms with Gasteiger partial charge < -0.3 is 10.1 Å². The molecular weight excluding hydrogens is 519 g/mol. The Bertz CT molecular complexity index is 1230. The van der Waals surface area contributed by atoms with Crippen LogP contribution in [0.15, 0.2) is 18.5 Å². The van der Waals surface area contributed by atoms with Crippen LogP contribution >= 0.6 is 22.9 Å². The van der Waals surface area contributed by atoms with E-state index in [2.05, 4.69) is 20.3 Å². The Hall–Kier alpha value is -2.81. The summed E-state index contributed by atoms with van der Waals surface area (Å²) in [7, 11) is 0.966. The highest BCUT2D eigenvalue weighted by Crippen LogP contribution is 2.48. The molecule has 3 aromatic rings. The number of aryl methyl sites for hydroxylation is 1. The van der Waals surface area contributed by atoms with E-state index in [1.54, 1.807) is 0 Å². The predicted molar refractivity (Wildman–Crippen MR) is 106 cm³/mol. The molecule has 1 aliphatic carbocycles. The van der Waals surface area contributed by atoms with Crippen LogP contribution in [0.3, 0.4) is 0 Å². The highest BCUT2D eigenvalue weighted by atomic mass is 35.5. The Labute approximate surface area is 195 Å². The molecule has 3 aromatic heterocycles. The van der Waals surface area contributed by atoms with Crippen molar-refractivity contribution in [1.29, 1.82) is 0 Å². The van der Waals surface area contributed by atoms with Crippen molar-refractivity contribution in [3.63, 3.8) is 0 Å². The molecule has 0 spiro atoms. The smallest absolute Gasteiger partial charge is 0.428 e. The van der Waals surface area contributed by atoms with Crippen molar-refractivity contribution in [1.82, 2.24) is 24.9 Å². The molecule has 184 valence electrons. The van der Waals surface area contributed by atoms with Gasteiger partial charge in [-0.25, -0.2) is 9.36 Å². The lowest BCUT2D eigenvalue weighted by Crippen LogP contribution is -2.34. The normalized spacial score (nSPS) is 14.6. The average Bonchev–Trinajstić information content (AvgIpc) is 3.11. The maximum absolute atomic E-state index is 14.0. The van der Waals surface area contributed by atoms with Crippen molar-refractivity contribution in [2.75, 3.05) is 0 Å². The van der Waals surface area contributed by atoms with E-state index in [1.807, 2.05) is 0 Å². The largest absolute Gasteiger partial charge is 0.459 e. The highest BCUT2D eigenvalue weighted by molar-refractivity contribution is 7.19. The Morgan fingerprint density at radius 3 is 2.56 bits per heavy atom. The van der Waals surface area contributed by atoms with Gasteiger partial charge in [0.2, 0.25) is 0 Å². The number of hydrogen-bond donors (Lipinski definition) is 1. The van der Waals surface area contributed by atoms with Gasteiger partial charge in [-0.2, -0.15) is 40.9 Å². The maximum atomic E-state index is 14.0. The first-order chi connectivity index (χ1) is 15.8. The summed E-state index contributed by atoms with van der Waals surface area (Å²) in [6.45, 7) is -3.72. The number of carbonyl (C=O) groups excluding carboxylic acids is 1. The molecule has 0 bridgehead atoms. The van der Waals surface area contributed by atoms with Crippen LogP contribution in [0, 0.1) is 0 Å². The fraction of sp³-hybridized carbons (Fsp3) is 0.389. The van der Waals surface area contributed by atoms with Crippen molar-refractivity contribution in [3.8, 4) is 22.0 Å². The van der Waals surface area contributed by atoms with Crippen LogP contribution in [-0.2, 0) is 13.0 Å². The third kappa shape index (κ3) is 4.45. The molecule has 0 radical (unpaired) electrons. The van der Waals surface area contributed by atoms with E-state index in [4.69, 9.17) is 11.6 Å². The summed E-state index contributed by atoms with van der Waals surface area (Å²) in [5.74, 6) is -8.14. The predicted octanol–water partition coefficient (Wildman–Crippen LogP) is 5.14. The van der Waals surface area contributed by atoms with Gasteiger partial charge in [0, 0.05) is 29.7 Å². The van der Waals surface area contributed by atoms with Crippen molar-refractivity contribution in [2.45, 2.75) is 37.6 Å². The Morgan fingerprint density at radius 1 is 1.29 bits per heavy atom. The number of rotatable bonds is 7. The number of nitrogens with zero attached hydrogens (tertiary/aromatic N) is 4. The number of hydrogen-bond acceptors (Lipinski definition) is 5. The number of ether oxygens (including phenoxy) is 1. The second kappa shape index (κ2) is 8.45. The Kier molecular flexibility index (Phi) is 6.04. The van der Waals surface area contributed by atoms with E-state index in [1.165, 1.54) is 12.3 Å². The van der Waals surface area contributed by atoms with Crippen LogP contribution in [0.1, 0.15) is 28.9 Å². The van der Waals surface area contributed by atoms with Gasteiger partial charge in [-0.15, -0.1) is 11.3 Å². The molecule has 7 nitrogen and oxygen atoms in total. The van der Waals surface area contributed by atoms with Gasteiger partial charge in [0.05, 0.1) is 11.8 Å². The minimum atomic E-state index is -6.11. The molecule has 1 N–H and O–H groups in total. The van der Waals surface area contributed by atoms with Crippen molar-refractivity contribution in [3.05, 3.63) is 34.1 Å². The van der Waals surface area contributed by atoms with Crippen LogP contribution in [0.25, 0.3) is 16.3 Å². The number of carbonyl (C=O) groups is 1. The minimum Gasteiger partial charge on any atom is -0.428 e. The van der Waals surface area contributed by atoms with Gasteiger partial charge >= 0.3 is 18.7 Å². The number of amides is 1. The number of thiophene rings is 1. The summed E-state index contributed by atoms with van der Waals surface area (Å²) in [5.41, 5.74) is -1.56. The molecule has 1 fully saturated rings. The molecule has 0 aliphatic heterocycles. The van der Waals surface area contributed by atoms with E-state index in [9.17, 15) is 35.5 Å². The molecule has 0 aromatic carbocycles. The molecule has 3 heterocycles. The first-order valence-electron chi connectivity index (χ1n) is 9.42. The van der Waals surface area contributed by atoms with Crippen LogP contribution < -0.4 is 10.1 Å². The van der Waals surface area contributed by atoms with Crippen molar-refractivity contribution >= 4 is 28.8 Å². The maximum Gasteiger partial charge on any atom is 0.459 e. The van der Waals surface area contributed by atoms with Gasteiger partial charge in [-0.3, -0.25) is 4.79 Å². The van der Waals surface area contributed by atoms with Crippen LogP contribution in [0.5, 0.6) is 5.75 Å². The van der Waals surface area contributed by atoms with Crippen LogP contribution in [-0.4, -0.2) is 44.3 Å². The minimum absolute atomic E-state index is 0.0804. The second-order valence-corrected chi connectivity index (χ2v) is 8.95. The first kappa shape index (κ1) is 24.3. The summed E-state index contributed by atoms with van der Waals surface area (Å²) >= 11 is 7.14. The van der Waals surface area contributed by atoms with E-state index in [0.717, 1.165) is 42.1 Å². The monoisotopic (exact) mass is 531 g/mol. The summed E-state index contributed by atoms with van der Waals surface area (Å²) in [4.78, 5) is 12.7. The summed E-state index contributed by atoms with van der Waals surface area (Å²) in [6.07, 6.45) is -2.05. The fourth-order valence-corrected chi connectivity index (χ4v) is 4.25. The number of nitrogens with one attached hydrogen (secondary N) is 1. The molecule has 1 saturated carbocycles. The lowest BCUT2D eigenvalue weighted by Gasteiger charge is -2.18. The van der Waals surface area contributed by atoms with E-state index < -0.39 is 36.0 Å². The van der Waals surface area contributed by atoms with E-state index in [0.29, 0.717) is 9.56 Å². The SMILES string of the molecule is Cn1nc(C(F)(F)C(F)(F)F)c(OC(F)F)c1-n1cc(-c2cc(C(=O)NC3CC3)c(Cl)s2)cn1. The molecule has 1 aliphatic rings. The Balaban J connectivity index is 1.73. The zero-order chi connectivity index (χ0) is 25.0. The van der Waals surface area contributed by atoms with Gasteiger partial charge in [-0.1, -0.05) is 11.6 Å². The molecule has 34 heavy (non-hydrogen) atoms. The first-order valence-corrected chi connectivity index (χ1v) is 10.6. The summed E-state index contributed by atoms with van der Waals surface area (Å²) in [6, 6.07) is 1.53. The third-order valence-electron chi connectivity index (χ3n) is 4.76. The lowest BCUT2D eigenvalue weighted by molar-refractivity contribution is -0.291. The number of alkyl halides is 7. The average molecular weight is 532 g/mol. The summed E-state index contributed by atoms with van der Waals surface area (Å²) in [5, 5.41) is 9.72. The van der Waals surface area contributed by atoms with Gasteiger partial charge in [-0.05, 0) is 18.9 Å². The molecule has 0 unspecified atom stereocenters. The van der Waals surface area contributed by atoms with Crippen LogP contribution in [0.4, 0.5) is 30.7 Å². The third-order valence-corrected chi connectivity index (χ3v) is 6.17. The van der Waals surface area contributed by atoms with E-state index >= 15 is 0 Å². The van der Waals surface area contributed by atoms with E-state index in [-0.39, 0.29) is 27.4 Å². The standard InChI is InChI=1S/C18H13ClF7N5O2S/c1-30-15(11(33-16(20)21)12(29-30)17(22,23)18(24,25)26)31-6-7(5-27-31)10-4-9(13(19)34-10)14(32)28-8-2-3-8/h4-6,8,16H,2-3H2,1H3,(H,28,32). The molecule has 4 rings (SSSR count). The molecule has 0 saturated heterocycles.